The Morgan fingerprint density at radius 1 is 1.00 bits per heavy atom. The van der Waals surface area contributed by atoms with E-state index in [4.69, 9.17) is 17.0 Å². The van der Waals surface area contributed by atoms with E-state index in [1.165, 1.54) is 38.5 Å². The van der Waals surface area contributed by atoms with E-state index in [9.17, 15) is 0 Å². The molecule has 4 heteroatoms. The van der Waals surface area contributed by atoms with E-state index in [1.807, 2.05) is 0 Å². The van der Waals surface area contributed by atoms with Crippen LogP contribution in [-0.4, -0.2) is 31.9 Å². The van der Waals surface area contributed by atoms with E-state index >= 15 is 0 Å². The van der Waals surface area contributed by atoms with Crippen LogP contribution in [0.25, 0.3) is 0 Å². The van der Waals surface area contributed by atoms with Gasteiger partial charge in [-0.1, -0.05) is 39.0 Å². The summed E-state index contributed by atoms with van der Waals surface area (Å²) in [6, 6.07) is 0. The third kappa shape index (κ3) is 11.7. The molecule has 0 saturated heterocycles. The molecule has 96 valence electrons. The van der Waals surface area contributed by atoms with Crippen LogP contribution in [0.4, 0.5) is 0 Å². The van der Waals surface area contributed by atoms with Crippen molar-refractivity contribution in [1.82, 2.24) is 10.6 Å². The summed E-state index contributed by atoms with van der Waals surface area (Å²) in [5, 5.41) is 7.03. The van der Waals surface area contributed by atoms with Gasteiger partial charge in [-0.2, -0.15) is 0 Å². The molecule has 0 atom stereocenters. The van der Waals surface area contributed by atoms with Gasteiger partial charge in [-0.25, -0.2) is 0 Å². The maximum Gasteiger partial charge on any atom is 0.166 e. The first-order chi connectivity index (χ1) is 7.81. The average Bonchev–Trinajstić information content (AvgIpc) is 2.28. The summed E-state index contributed by atoms with van der Waals surface area (Å²) in [6.07, 6.45) is 7.89. The van der Waals surface area contributed by atoms with E-state index in [2.05, 4.69) is 17.6 Å². The quantitative estimate of drug-likeness (QED) is 0.458. The van der Waals surface area contributed by atoms with Gasteiger partial charge in [0.05, 0.1) is 6.61 Å². The second kappa shape index (κ2) is 12.7. The van der Waals surface area contributed by atoms with Gasteiger partial charge in [0.25, 0.3) is 0 Å². The molecule has 0 aliphatic heterocycles. The van der Waals surface area contributed by atoms with Gasteiger partial charge >= 0.3 is 0 Å². The van der Waals surface area contributed by atoms with Crippen molar-refractivity contribution in [3.05, 3.63) is 0 Å². The lowest BCUT2D eigenvalue weighted by atomic mass is 10.1. The van der Waals surface area contributed by atoms with Gasteiger partial charge in [-0.15, -0.1) is 0 Å². The molecule has 0 unspecified atom stereocenters. The molecular formula is C12H26N2OS. The lowest BCUT2D eigenvalue weighted by Crippen LogP contribution is -2.37. The van der Waals surface area contributed by atoms with Crippen LogP contribution in [-0.2, 0) is 4.74 Å². The fourth-order valence-electron chi connectivity index (χ4n) is 1.44. The Bertz CT molecular complexity index is 165. The second-order valence-electron chi connectivity index (χ2n) is 3.94. The van der Waals surface area contributed by atoms with Crippen molar-refractivity contribution in [2.45, 2.75) is 45.4 Å². The van der Waals surface area contributed by atoms with Crippen molar-refractivity contribution in [1.29, 1.82) is 0 Å². The molecule has 0 bridgehead atoms. The van der Waals surface area contributed by atoms with Crippen molar-refractivity contribution in [2.24, 2.45) is 0 Å². The van der Waals surface area contributed by atoms with Crippen molar-refractivity contribution in [2.75, 3.05) is 26.8 Å². The molecule has 0 fully saturated rings. The molecule has 0 rings (SSSR count). The van der Waals surface area contributed by atoms with Crippen LogP contribution in [0.15, 0.2) is 0 Å². The number of unbranched alkanes of at least 4 members (excludes halogenated alkanes) is 5. The highest BCUT2D eigenvalue weighted by atomic mass is 32.1. The summed E-state index contributed by atoms with van der Waals surface area (Å²) in [5.74, 6) is 0. The van der Waals surface area contributed by atoms with Gasteiger partial charge in [0.1, 0.15) is 0 Å². The smallest absolute Gasteiger partial charge is 0.166 e. The summed E-state index contributed by atoms with van der Waals surface area (Å²) in [7, 11) is 1.69. The highest BCUT2D eigenvalue weighted by Gasteiger charge is 1.94. The van der Waals surface area contributed by atoms with Gasteiger partial charge in [0, 0.05) is 20.2 Å². The number of thiocarbonyl (C=S) groups is 1. The molecule has 2 N–H and O–H groups in total. The Morgan fingerprint density at radius 2 is 1.62 bits per heavy atom. The fraction of sp³-hybridized carbons (Fsp3) is 0.917. The second-order valence-corrected chi connectivity index (χ2v) is 4.35. The lowest BCUT2D eigenvalue weighted by Gasteiger charge is -2.09. The molecule has 0 heterocycles. The number of ether oxygens (including phenoxy) is 1. The number of hydrogen-bond acceptors (Lipinski definition) is 2. The van der Waals surface area contributed by atoms with Crippen molar-refractivity contribution in [3.63, 3.8) is 0 Å². The summed E-state index contributed by atoms with van der Waals surface area (Å²) in [6.45, 7) is 4.69. The van der Waals surface area contributed by atoms with E-state index in [1.54, 1.807) is 7.11 Å². The summed E-state index contributed by atoms with van der Waals surface area (Å²) in [4.78, 5) is 0. The van der Waals surface area contributed by atoms with Crippen LogP contribution in [0, 0.1) is 0 Å². The largest absolute Gasteiger partial charge is 0.383 e. The molecule has 0 aromatic carbocycles. The zero-order chi connectivity index (χ0) is 12.1. The molecule has 0 amide bonds. The number of hydrogen-bond donors (Lipinski definition) is 2. The maximum absolute atomic E-state index is 5.11. The van der Waals surface area contributed by atoms with Crippen LogP contribution >= 0.6 is 12.2 Å². The molecule has 16 heavy (non-hydrogen) atoms. The first kappa shape index (κ1) is 15.7. The Balaban J connectivity index is 3.09. The van der Waals surface area contributed by atoms with Gasteiger partial charge < -0.3 is 15.4 Å². The highest BCUT2D eigenvalue weighted by Crippen LogP contribution is 2.03. The molecule has 0 saturated carbocycles. The molecule has 0 aliphatic rings. The number of rotatable bonds is 10. The minimum atomic E-state index is 0.693. The van der Waals surface area contributed by atoms with E-state index < -0.39 is 0 Å². The third-order valence-corrected chi connectivity index (χ3v) is 2.70. The monoisotopic (exact) mass is 246 g/mol. The SMILES string of the molecule is CCCCCCCCNC(=S)NCCOC. The van der Waals surface area contributed by atoms with Crippen LogP contribution in [0.3, 0.4) is 0 Å². The maximum atomic E-state index is 5.11. The number of nitrogens with one attached hydrogen (secondary N) is 2. The zero-order valence-corrected chi connectivity index (χ0v) is 11.5. The Labute approximate surface area is 105 Å². The standard InChI is InChI=1S/C12H26N2OS/c1-3-4-5-6-7-8-9-13-12(16)14-10-11-15-2/h3-11H2,1-2H3,(H2,13,14,16). The predicted molar refractivity (Wildman–Crippen MR) is 73.9 cm³/mol. The molecule has 3 nitrogen and oxygen atoms in total. The molecule has 0 radical (unpaired) electrons. The van der Waals surface area contributed by atoms with E-state index in [0.29, 0.717) is 6.61 Å². The Kier molecular flexibility index (Phi) is 12.4. The molecule has 0 spiro atoms. The minimum absolute atomic E-state index is 0.693. The fourth-order valence-corrected chi connectivity index (χ4v) is 1.64. The van der Waals surface area contributed by atoms with Gasteiger partial charge in [-0.3, -0.25) is 0 Å². The summed E-state index contributed by atoms with van der Waals surface area (Å²) < 4.78 is 4.92. The normalized spacial score (nSPS) is 10.1. The van der Waals surface area contributed by atoms with Gasteiger partial charge in [-0.05, 0) is 18.6 Å². The molecule has 0 aromatic heterocycles. The summed E-state index contributed by atoms with van der Waals surface area (Å²) in [5.41, 5.74) is 0. The van der Waals surface area contributed by atoms with E-state index in [-0.39, 0.29) is 0 Å². The predicted octanol–water partition coefficient (Wildman–Crippen LogP) is 2.46. The van der Waals surface area contributed by atoms with Crippen LogP contribution in [0.1, 0.15) is 45.4 Å². The van der Waals surface area contributed by atoms with Crippen LogP contribution in [0.5, 0.6) is 0 Å². The highest BCUT2D eigenvalue weighted by molar-refractivity contribution is 7.80. The summed E-state index contributed by atoms with van der Waals surface area (Å²) >= 11 is 5.11. The Hall–Kier alpha value is -0.350. The third-order valence-electron chi connectivity index (χ3n) is 2.41. The van der Waals surface area contributed by atoms with Crippen LogP contribution < -0.4 is 10.6 Å². The molecular weight excluding hydrogens is 220 g/mol. The number of methoxy groups -OCH3 is 1. The Morgan fingerprint density at radius 3 is 2.31 bits per heavy atom. The van der Waals surface area contributed by atoms with Crippen molar-refractivity contribution in [3.8, 4) is 0 Å². The molecule has 0 aliphatic carbocycles. The first-order valence-corrected chi connectivity index (χ1v) is 6.72. The van der Waals surface area contributed by atoms with E-state index in [0.717, 1.165) is 18.2 Å². The van der Waals surface area contributed by atoms with Crippen LogP contribution in [0.2, 0.25) is 0 Å². The molecule has 0 aromatic rings. The lowest BCUT2D eigenvalue weighted by molar-refractivity contribution is 0.204. The minimum Gasteiger partial charge on any atom is -0.383 e. The van der Waals surface area contributed by atoms with Crippen molar-refractivity contribution < 1.29 is 4.74 Å². The van der Waals surface area contributed by atoms with Gasteiger partial charge in [0.15, 0.2) is 5.11 Å². The van der Waals surface area contributed by atoms with Gasteiger partial charge in [0.2, 0.25) is 0 Å². The average molecular weight is 246 g/mol. The zero-order valence-electron chi connectivity index (χ0n) is 10.7. The topological polar surface area (TPSA) is 33.3 Å². The van der Waals surface area contributed by atoms with Crippen molar-refractivity contribution >= 4 is 17.3 Å². The first-order valence-electron chi connectivity index (χ1n) is 6.32.